The van der Waals surface area contributed by atoms with Crippen molar-refractivity contribution < 1.29 is 66.9 Å². The maximum absolute atomic E-state index is 13.7. The van der Waals surface area contributed by atoms with Gasteiger partial charge in [-0.1, -0.05) is 24.3 Å². The standard InChI is InChI=1S/C34H26N2O16/c1-45-25-11-17(21(35(41)42)13-27(25)47-3)15-49-33(39)51-23-9-10-24(30-29(23)31(37)19-7-5-6-8-20(19)32(30)38)52-34(40)50-16-18-12-26(46-2)28(48-4)14-22(18)36(43)44/h5-14H,15-16H2,1-4H3. The molecule has 0 bridgehead atoms. The fourth-order valence-electron chi connectivity index (χ4n) is 5.24. The average molecular weight is 719 g/mol. The highest BCUT2D eigenvalue weighted by Crippen LogP contribution is 2.40. The van der Waals surface area contributed by atoms with E-state index in [2.05, 4.69) is 0 Å². The van der Waals surface area contributed by atoms with Crippen molar-refractivity contribution in [2.45, 2.75) is 13.2 Å². The van der Waals surface area contributed by atoms with E-state index in [1.165, 1.54) is 64.8 Å². The highest BCUT2D eigenvalue weighted by Gasteiger charge is 2.37. The van der Waals surface area contributed by atoms with Gasteiger partial charge in [0, 0.05) is 11.1 Å². The lowest BCUT2D eigenvalue weighted by molar-refractivity contribution is -0.386. The first kappa shape index (κ1) is 36.1. The van der Waals surface area contributed by atoms with Gasteiger partial charge in [-0.3, -0.25) is 29.8 Å². The van der Waals surface area contributed by atoms with Gasteiger partial charge in [0.2, 0.25) is 0 Å². The van der Waals surface area contributed by atoms with Gasteiger partial charge >= 0.3 is 12.3 Å². The normalized spacial score (nSPS) is 11.4. The summed E-state index contributed by atoms with van der Waals surface area (Å²) in [6.07, 6.45) is -2.81. The van der Waals surface area contributed by atoms with Crippen LogP contribution in [0.1, 0.15) is 43.0 Å². The minimum atomic E-state index is -1.41. The second-order valence-corrected chi connectivity index (χ2v) is 10.5. The topological polar surface area (TPSA) is 228 Å². The Labute approximate surface area is 292 Å². The van der Waals surface area contributed by atoms with Crippen LogP contribution < -0.4 is 28.4 Å². The van der Waals surface area contributed by atoms with Gasteiger partial charge in [0.1, 0.15) is 24.7 Å². The molecule has 1 aliphatic rings. The SMILES string of the molecule is COc1cc(COC(=O)Oc2ccc(OC(=O)OCc3cc(OC)c(OC)cc3[N+](=O)[O-])c3c2C(=O)c2ccccc2C3=O)c([N+](=O)[O-])cc1OC. The number of carbonyl (C=O) groups excluding carboxylic acids is 4. The number of rotatable bonds is 12. The number of ether oxygens (including phenoxy) is 8. The monoisotopic (exact) mass is 718 g/mol. The van der Waals surface area contributed by atoms with E-state index >= 15 is 0 Å². The van der Waals surface area contributed by atoms with E-state index < -0.39 is 80.9 Å². The molecular formula is C34H26N2O16. The van der Waals surface area contributed by atoms with Crippen LogP contribution in [0.4, 0.5) is 21.0 Å². The summed E-state index contributed by atoms with van der Waals surface area (Å²) in [4.78, 5) is 75.0. The van der Waals surface area contributed by atoms with E-state index in [0.717, 1.165) is 24.3 Å². The zero-order chi connectivity index (χ0) is 37.7. The minimum absolute atomic E-state index is 0.0420. The number of nitrogens with zero attached hydrogens (tertiary/aromatic N) is 2. The molecule has 5 rings (SSSR count). The molecule has 52 heavy (non-hydrogen) atoms. The van der Waals surface area contributed by atoms with Gasteiger partial charge in [-0.15, -0.1) is 0 Å². The highest BCUT2D eigenvalue weighted by molar-refractivity contribution is 6.30. The number of ketones is 2. The van der Waals surface area contributed by atoms with Crippen molar-refractivity contribution in [3.05, 3.63) is 114 Å². The largest absolute Gasteiger partial charge is 0.514 e. The summed E-state index contributed by atoms with van der Waals surface area (Å²) < 4.78 is 41.3. The summed E-state index contributed by atoms with van der Waals surface area (Å²) in [7, 11) is 5.18. The summed E-state index contributed by atoms with van der Waals surface area (Å²) in [5, 5.41) is 23.3. The van der Waals surface area contributed by atoms with Crippen molar-refractivity contribution in [3.63, 3.8) is 0 Å². The molecule has 4 aromatic rings. The van der Waals surface area contributed by atoms with E-state index in [4.69, 9.17) is 37.9 Å². The zero-order valence-corrected chi connectivity index (χ0v) is 27.6. The summed E-state index contributed by atoms with van der Waals surface area (Å²) in [6, 6.07) is 12.5. The van der Waals surface area contributed by atoms with E-state index in [0.29, 0.717) is 0 Å². The molecular weight excluding hydrogens is 692 g/mol. The van der Waals surface area contributed by atoms with Crippen molar-refractivity contribution in [1.82, 2.24) is 0 Å². The van der Waals surface area contributed by atoms with Crippen molar-refractivity contribution in [3.8, 4) is 34.5 Å². The van der Waals surface area contributed by atoms with Gasteiger partial charge < -0.3 is 37.9 Å². The average Bonchev–Trinajstić information content (AvgIpc) is 3.14. The molecule has 268 valence electrons. The van der Waals surface area contributed by atoms with Crippen LogP contribution in [0.25, 0.3) is 0 Å². The molecule has 18 nitrogen and oxygen atoms in total. The summed E-state index contributed by atoms with van der Waals surface area (Å²) in [5.74, 6) is -2.12. The molecule has 0 amide bonds. The molecule has 0 heterocycles. The Morgan fingerprint density at radius 1 is 0.558 bits per heavy atom. The first-order chi connectivity index (χ1) is 24.9. The molecule has 1 aliphatic carbocycles. The van der Waals surface area contributed by atoms with Crippen LogP contribution >= 0.6 is 0 Å². The third-order valence-corrected chi connectivity index (χ3v) is 7.64. The zero-order valence-electron chi connectivity index (χ0n) is 27.6. The quantitative estimate of drug-likeness (QED) is 0.0647. The Morgan fingerprint density at radius 3 is 1.23 bits per heavy atom. The third-order valence-electron chi connectivity index (χ3n) is 7.64. The van der Waals surface area contributed by atoms with Crippen molar-refractivity contribution >= 4 is 35.3 Å². The summed E-state index contributed by atoms with van der Waals surface area (Å²) >= 11 is 0. The van der Waals surface area contributed by atoms with Gasteiger partial charge in [0.15, 0.2) is 34.6 Å². The summed E-state index contributed by atoms with van der Waals surface area (Å²) in [5.41, 5.74) is -2.06. The first-order valence-corrected chi connectivity index (χ1v) is 14.8. The molecule has 4 aromatic carbocycles. The van der Waals surface area contributed by atoms with Gasteiger partial charge in [-0.25, -0.2) is 9.59 Å². The molecule has 18 heteroatoms. The Balaban J connectivity index is 1.42. The molecule has 0 spiro atoms. The first-order valence-electron chi connectivity index (χ1n) is 14.8. The van der Waals surface area contributed by atoms with Crippen LogP contribution in [-0.2, 0) is 22.7 Å². The van der Waals surface area contributed by atoms with E-state index in [-0.39, 0.29) is 45.3 Å². The molecule has 0 fully saturated rings. The number of benzene rings is 4. The lowest BCUT2D eigenvalue weighted by Crippen LogP contribution is -2.25. The number of nitro benzene ring substituents is 2. The molecule has 0 atom stereocenters. The Kier molecular flexibility index (Phi) is 10.5. The molecule has 0 saturated heterocycles. The number of methoxy groups -OCH3 is 4. The van der Waals surface area contributed by atoms with Crippen LogP contribution in [-0.4, -0.2) is 62.2 Å². The maximum Gasteiger partial charge on any atom is 0.514 e. The van der Waals surface area contributed by atoms with Crippen LogP contribution in [0.5, 0.6) is 34.5 Å². The molecule has 0 unspecified atom stereocenters. The maximum atomic E-state index is 13.7. The lowest BCUT2D eigenvalue weighted by Gasteiger charge is -2.21. The van der Waals surface area contributed by atoms with Gasteiger partial charge in [0.05, 0.1) is 72.7 Å². The van der Waals surface area contributed by atoms with Crippen LogP contribution in [0.15, 0.2) is 60.7 Å². The van der Waals surface area contributed by atoms with Gasteiger partial charge in [0.25, 0.3) is 11.4 Å². The number of nitro groups is 2. The van der Waals surface area contributed by atoms with E-state index in [1.807, 2.05) is 0 Å². The smallest absolute Gasteiger partial charge is 0.493 e. The third kappa shape index (κ3) is 7.06. The number of hydrogen-bond donors (Lipinski definition) is 0. The van der Waals surface area contributed by atoms with Crippen molar-refractivity contribution in [2.75, 3.05) is 28.4 Å². The molecule has 0 radical (unpaired) electrons. The van der Waals surface area contributed by atoms with E-state index in [9.17, 15) is 39.4 Å². The molecule has 0 N–H and O–H groups in total. The van der Waals surface area contributed by atoms with E-state index in [1.54, 1.807) is 0 Å². The Bertz CT molecular complexity index is 1990. The number of carbonyl (C=O) groups is 4. The van der Waals surface area contributed by atoms with Crippen LogP contribution in [0, 0.1) is 20.2 Å². The van der Waals surface area contributed by atoms with Crippen LogP contribution in [0.2, 0.25) is 0 Å². The fraction of sp³-hybridized carbons (Fsp3) is 0.176. The summed E-state index contributed by atoms with van der Waals surface area (Å²) in [6.45, 7) is -1.34. The second-order valence-electron chi connectivity index (χ2n) is 10.5. The Hall–Kier alpha value is -7.24. The minimum Gasteiger partial charge on any atom is -0.493 e. The lowest BCUT2D eigenvalue weighted by atomic mass is 9.83. The second kappa shape index (κ2) is 15.1. The molecule has 0 aromatic heterocycles. The van der Waals surface area contributed by atoms with Crippen LogP contribution in [0.3, 0.4) is 0 Å². The van der Waals surface area contributed by atoms with Gasteiger partial charge in [-0.2, -0.15) is 0 Å². The number of hydrogen-bond acceptors (Lipinski definition) is 16. The predicted octanol–water partition coefficient (Wildman–Crippen LogP) is 5.74. The molecule has 0 aliphatic heterocycles. The predicted molar refractivity (Wildman–Crippen MR) is 174 cm³/mol. The van der Waals surface area contributed by atoms with Crippen molar-refractivity contribution in [2.24, 2.45) is 0 Å². The van der Waals surface area contributed by atoms with Gasteiger partial charge in [-0.05, 0) is 24.3 Å². The fourth-order valence-corrected chi connectivity index (χ4v) is 5.24. The van der Waals surface area contributed by atoms with Crippen molar-refractivity contribution in [1.29, 1.82) is 0 Å². The highest BCUT2D eigenvalue weighted by atomic mass is 16.7. The Morgan fingerprint density at radius 2 is 0.904 bits per heavy atom. The number of fused-ring (bicyclic) bond motifs is 2. The molecule has 0 saturated carbocycles.